The van der Waals surface area contributed by atoms with Gasteiger partial charge in [0, 0.05) is 31.1 Å². The molecule has 1 aromatic heterocycles. The van der Waals surface area contributed by atoms with Gasteiger partial charge in [0.2, 0.25) is 5.91 Å². The number of hydrogen-bond donors (Lipinski definition) is 2. The number of benzene rings is 2. The number of hydrogen-bond acceptors (Lipinski definition) is 4. The van der Waals surface area contributed by atoms with Gasteiger partial charge in [-0.1, -0.05) is 36.4 Å². The van der Waals surface area contributed by atoms with Gasteiger partial charge in [0.25, 0.3) is 0 Å². The van der Waals surface area contributed by atoms with Crippen LogP contribution in [0, 0.1) is 0 Å². The van der Waals surface area contributed by atoms with Crippen molar-refractivity contribution in [3.8, 4) is 5.75 Å². The van der Waals surface area contributed by atoms with Crippen molar-refractivity contribution in [1.29, 1.82) is 0 Å². The smallest absolute Gasteiger partial charge is 0.221 e. The molecule has 0 radical (unpaired) electrons. The van der Waals surface area contributed by atoms with Gasteiger partial charge >= 0.3 is 0 Å². The molecule has 0 spiro atoms. The van der Waals surface area contributed by atoms with Gasteiger partial charge in [-0.05, 0) is 30.2 Å². The number of ether oxygens (including phenoxy) is 1. The minimum atomic E-state index is 0.0283. The molecule has 5 nitrogen and oxygen atoms in total. The maximum atomic E-state index is 12.0. The van der Waals surface area contributed by atoms with E-state index in [2.05, 4.69) is 15.6 Å². The second kappa shape index (κ2) is 8.85. The molecule has 1 amide bonds. The summed E-state index contributed by atoms with van der Waals surface area (Å²) in [6, 6.07) is 17.8. The van der Waals surface area contributed by atoms with E-state index in [1.54, 1.807) is 13.3 Å². The van der Waals surface area contributed by atoms with Gasteiger partial charge < -0.3 is 15.4 Å². The highest BCUT2D eigenvalue weighted by Gasteiger charge is 2.05. The zero-order valence-electron chi connectivity index (χ0n) is 14.9. The number of fused-ring (bicyclic) bond motifs is 1. The molecule has 3 rings (SSSR count). The first kappa shape index (κ1) is 17.7. The number of methoxy groups -OCH3 is 1. The molecule has 26 heavy (non-hydrogen) atoms. The number of carbonyl (C=O) groups is 1. The summed E-state index contributed by atoms with van der Waals surface area (Å²) in [7, 11) is 1.66. The molecule has 0 aliphatic rings. The molecule has 0 aliphatic carbocycles. The van der Waals surface area contributed by atoms with Crippen molar-refractivity contribution in [2.24, 2.45) is 0 Å². The van der Waals surface area contributed by atoms with Crippen LogP contribution in [-0.2, 0) is 11.2 Å². The van der Waals surface area contributed by atoms with Crippen LogP contribution in [0.2, 0.25) is 0 Å². The van der Waals surface area contributed by atoms with Crippen LogP contribution in [0.25, 0.3) is 10.9 Å². The second-order valence-corrected chi connectivity index (χ2v) is 5.97. The molecule has 0 fully saturated rings. The molecule has 0 saturated carbocycles. The first-order chi connectivity index (χ1) is 12.8. The predicted molar refractivity (Wildman–Crippen MR) is 105 cm³/mol. The highest BCUT2D eigenvalue weighted by molar-refractivity contribution is 5.90. The lowest BCUT2D eigenvalue weighted by Crippen LogP contribution is -2.27. The molecule has 0 unspecified atom stereocenters. The normalized spacial score (nSPS) is 10.5. The summed E-state index contributed by atoms with van der Waals surface area (Å²) in [6.45, 7) is 1.16. The quantitative estimate of drug-likeness (QED) is 0.654. The third kappa shape index (κ3) is 4.51. The van der Waals surface area contributed by atoms with Crippen LogP contribution in [0.1, 0.15) is 12.0 Å². The topological polar surface area (TPSA) is 63.2 Å². The largest absolute Gasteiger partial charge is 0.496 e. The summed E-state index contributed by atoms with van der Waals surface area (Å²) in [4.78, 5) is 16.4. The minimum Gasteiger partial charge on any atom is -0.496 e. The Bertz CT molecular complexity index is 875. The third-order valence-corrected chi connectivity index (χ3v) is 4.21. The Kier molecular flexibility index (Phi) is 6.04. The van der Waals surface area contributed by atoms with Crippen LogP contribution >= 0.6 is 0 Å². The van der Waals surface area contributed by atoms with Crippen LogP contribution < -0.4 is 15.4 Å². The first-order valence-corrected chi connectivity index (χ1v) is 8.74. The monoisotopic (exact) mass is 349 g/mol. The fraction of sp³-hybridized carbons (Fsp3) is 0.238. The second-order valence-electron chi connectivity index (χ2n) is 5.97. The standard InChI is InChI=1S/C21H23N3O2/c1-26-19-10-3-2-6-16(19)11-14-23-20(25)12-15-22-18-9-4-7-17-8-5-13-24-21(17)18/h2-10,13,22H,11-12,14-15H2,1H3,(H,23,25). The van der Waals surface area contributed by atoms with Crippen molar-refractivity contribution in [2.45, 2.75) is 12.8 Å². The number of para-hydroxylation sites is 2. The first-order valence-electron chi connectivity index (χ1n) is 8.74. The molecule has 1 heterocycles. The van der Waals surface area contributed by atoms with Crippen molar-refractivity contribution >= 4 is 22.5 Å². The van der Waals surface area contributed by atoms with E-state index >= 15 is 0 Å². The van der Waals surface area contributed by atoms with E-state index in [0.717, 1.165) is 34.3 Å². The van der Waals surface area contributed by atoms with Crippen molar-refractivity contribution in [3.63, 3.8) is 0 Å². The molecular formula is C21H23N3O2. The molecule has 0 atom stereocenters. The van der Waals surface area contributed by atoms with Crippen LogP contribution in [0.3, 0.4) is 0 Å². The fourth-order valence-electron chi connectivity index (χ4n) is 2.89. The lowest BCUT2D eigenvalue weighted by atomic mass is 10.1. The van der Waals surface area contributed by atoms with Gasteiger partial charge in [0.05, 0.1) is 18.3 Å². The average Bonchev–Trinajstić information content (AvgIpc) is 2.68. The number of nitrogens with zero attached hydrogens (tertiary/aromatic N) is 1. The molecule has 0 saturated heterocycles. The fourth-order valence-corrected chi connectivity index (χ4v) is 2.89. The van der Waals surface area contributed by atoms with E-state index in [0.29, 0.717) is 19.5 Å². The predicted octanol–water partition coefficient (Wildman–Crippen LogP) is 3.40. The van der Waals surface area contributed by atoms with Gasteiger partial charge in [0.1, 0.15) is 5.75 Å². The molecule has 2 N–H and O–H groups in total. The number of pyridine rings is 1. The summed E-state index contributed by atoms with van der Waals surface area (Å²) in [5, 5.41) is 7.34. The van der Waals surface area contributed by atoms with Gasteiger partial charge in [0.15, 0.2) is 0 Å². The number of anilines is 1. The summed E-state index contributed by atoms with van der Waals surface area (Å²) in [6.07, 6.45) is 2.93. The molecule has 134 valence electrons. The number of carbonyl (C=O) groups excluding carboxylic acids is 1. The lowest BCUT2D eigenvalue weighted by Gasteiger charge is -2.10. The van der Waals surface area contributed by atoms with E-state index in [4.69, 9.17) is 4.74 Å². The number of amides is 1. The van der Waals surface area contributed by atoms with Crippen molar-refractivity contribution in [2.75, 3.05) is 25.5 Å². The van der Waals surface area contributed by atoms with Gasteiger partial charge in [-0.15, -0.1) is 0 Å². The van der Waals surface area contributed by atoms with Crippen LogP contribution in [-0.4, -0.2) is 31.1 Å². The van der Waals surface area contributed by atoms with Crippen LogP contribution in [0.5, 0.6) is 5.75 Å². The van der Waals surface area contributed by atoms with Crippen molar-refractivity contribution in [1.82, 2.24) is 10.3 Å². The van der Waals surface area contributed by atoms with Gasteiger partial charge in [-0.25, -0.2) is 0 Å². The minimum absolute atomic E-state index is 0.0283. The van der Waals surface area contributed by atoms with E-state index in [1.165, 1.54) is 0 Å². The highest BCUT2D eigenvalue weighted by Crippen LogP contribution is 2.20. The Balaban J connectivity index is 1.44. The number of nitrogens with one attached hydrogen (secondary N) is 2. The molecular weight excluding hydrogens is 326 g/mol. The van der Waals surface area contributed by atoms with E-state index in [9.17, 15) is 4.79 Å². The number of aromatic nitrogens is 1. The Hall–Kier alpha value is -3.08. The van der Waals surface area contributed by atoms with Gasteiger partial charge in [-0.3, -0.25) is 9.78 Å². The Morgan fingerprint density at radius 2 is 1.88 bits per heavy atom. The molecule has 0 aliphatic heterocycles. The summed E-state index contributed by atoms with van der Waals surface area (Å²) in [5.74, 6) is 0.882. The summed E-state index contributed by atoms with van der Waals surface area (Å²) >= 11 is 0. The maximum absolute atomic E-state index is 12.0. The Morgan fingerprint density at radius 3 is 2.77 bits per heavy atom. The molecule has 2 aromatic carbocycles. The highest BCUT2D eigenvalue weighted by atomic mass is 16.5. The zero-order chi connectivity index (χ0) is 18.2. The SMILES string of the molecule is COc1ccccc1CCNC(=O)CCNc1cccc2cccnc12. The van der Waals surface area contributed by atoms with Crippen molar-refractivity contribution < 1.29 is 9.53 Å². The Labute approximate surface area is 153 Å². The van der Waals surface area contributed by atoms with Crippen LogP contribution in [0.15, 0.2) is 60.8 Å². The average molecular weight is 349 g/mol. The molecule has 5 heteroatoms. The Morgan fingerprint density at radius 1 is 1.04 bits per heavy atom. The number of rotatable bonds is 8. The van der Waals surface area contributed by atoms with E-state index < -0.39 is 0 Å². The lowest BCUT2D eigenvalue weighted by molar-refractivity contribution is -0.120. The van der Waals surface area contributed by atoms with Gasteiger partial charge in [-0.2, -0.15) is 0 Å². The summed E-state index contributed by atoms with van der Waals surface area (Å²) < 4.78 is 5.32. The molecule has 3 aromatic rings. The van der Waals surface area contributed by atoms with Crippen LogP contribution in [0.4, 0.5) is 5.69 Å². The third-order valence-electron chi connectivity index (χ3n) is 4.21. The zero-order valence-corrected chi connectivity index (χ0v) is 14.9. The molecule has 0 bridgehead atoms. The summed E-state index contributed by atoms with van der Waals surface area (Å²) in [5.41, 5.74) is 2.96. The van der Waals surface area contributed by atoms with Crippen molar-refractivity contribution in [3.05, 3.63) is 66.4 Å². The van der Waals surface area contributed by atoms with E-state index in [-0.39, 0.29) is 5.91 Å². The van der Waals surface area contributed by atoms with E-state index in [1.807, 2.05) is 54.6 Å². The maximum Gasteiger partial charge on any atom is 0.221 e.